The largest absolute Gasteiger partial charge is 0.466 e. The molecule has 1 aromatic rings. The van der Waals surface area contributed by atoms with Gasteiger partial charge in [0.25, 0.3) is 0 Å². The molecule has 0 spiro atoms. The van der Waals surface area contributed by atoms with Crippen LogP contribution in [0.2, 0.25) is 0 Å². The summed E-state index contributed by atoms with van der Waals surface area (Å²) in [6, 6.07) is 6.17. The molecule has 1 atom stereocenters. The average Bonchev–Trinajstić information content (AvgIpc) is 2.25. The van der Waals surface area contributed by atoms with E-state index in [4.69, 9.17) is 4.74 Å². The van der Waals surface area contributed by atoms with Crippen molar-refractivity contribution in [3.8, 4) is 0 Å². The highest BCUT2D eigenvalue weighted by molar-refractivity contribution is 5.78. The van der Waals surface area contributed by atoms with Gasteiger partial charge in [0.1, 0.15) is 0 Å². The molecule has 0 radical (unpaired) electrons. The van der Waals surface area contributed by atoms with Crippen molar-refractivity contribution in [2.45, 2.75) is 40.0 Å². The molecule has 0 fully saturated rings. The second-order valence-corrected chi connectivity index (χ2v) is 4.06. The third kappa shape index (κ3) is 2.84. The fourth-order valence-corrected chi connectivity index (χ4v) is 1.76. The molecule has 1 unspecified atom stereocenters. The molecule has 0 aliphatic heterocycles. The molecule has 0 saturated heterocycles. The minimum Gasteiger partial charge on any atom is -0.466 e. The minimum atomic E-state index is -0.126. The Kier molecular flexibility index (Phi) is 4.53. The first-order valence-corrected chi connectivity index (χ1v) is 5.83. The van der Waals surface area contributed by atoms with E-state index in [9.17, 15) is 4.79 Å². The van der Waals surface area contributed by atoms with Crippen molar-refractivity contribution in [2.75, 3.05) is 6.61 Å². The van der Waals surface area contributed by atoms with E-state index in [0.29, 0.717) is 6.61 Å². The maximum Gasteiger partial charge on any atom is 0.313 e. The van der Waals surface area contributed by atoms with Crippen LogP contribution in [-0.4, -0.2) is 12.6 Å². The molecule has 1 rings (SSSR count). The van der Waals surface area contributed by atoms with E-state index in [1.54, 1.807) is 0 Å². The summed E-state index contributed by atoms with van der Waals surface area (Å²) in [6.45, 7) is 8.43. The summed E-state index contributed by atoms with van der Waals surface area (Å²) in [5, 5.41) is 0. The Morgan fingerprint density at radius 1 is 1.25 bits per heavy atom. The molecule has 2 nitrogen and oxygen atoms in total. The van der Waals surface area contributed by atoms with Crippen molar-refractivity contribution in [2.24, 2.45) is 0 Å². The van der Waals surface area contributed by atoms with E-state index < -0.39 is 0 Å². The van der Waals surface area contributed by atoms with Crippen molar-refractivity contribution < 1.29 is 9.53 Å². The lowest BCUT2D eigenvalue weighted by Gasteiger charge is -2.15. The Labute approximate surface area is 97.6 Å². The number of rotatable bonds is 4. The van der Waals surface area contributed by atoms with Crippen LogP contribution in [0.4, 0.5) is 0 Å². The zero-order valence-electron chi connectivity index (χ0n) is 10.5. The normalized spacial score (nSPS) is 12.2. The zero-order valence-corrected chi connectivity index (χ0v) is 10.5. The summed E-state index contributed by atoms with van der Waals surface area (Å²) in [7, 11) is 0. The van der Waals surface area contributed by atoms with E-state index in [1.807, 2.05) is 19.9 Å². The molecule has 88 valence electrons. The SMILES string of the molecule is CCOC(=O)C(CC)c1ccc(C)c(C)c1. The van der Waals surface area contributed by atoms with Crippen LogP contribution in [0.3, 0.4) is 0 Å². The topological polar surface area (TPSA) is 26.3 Å². The first kappa shape index (κ1) is 12.8. The van der Waals surface area contributed by atoms with Crippen LogP contribution in [0.5, 0.6) is 0 Å². The number of hydrogen-bond acceptors (Lipinski definition) is 2. The third-order valence-electron chi connectivity index (χ3n) is 2.91. The fraction of sp³-hybridized carbons (Fsp3) is 0.500. The van der Waals surface area contributed by atoms with Crippen LogP contribution in [-0.2, 0) is 9.53 Å². The summed E-state index contributed by atoms with van der Waals surface area (Å²) in [5.41, 5.74) is 3.53. The molecular weight excluding hydrogens is 200 g/mol. The van der Waals surface area contributed by atoms with Crippen LogP contribution in [0.25, 0.3) is 0 Å². The van der Waals surface area contributed by atoms with Crippen molar-refractivity contribution in [1.82, 2.24) is 0 Å². The molecule has 0 bridgehead atoms. The highest BCUT2D eigenvalue weighted by Crippen LogP contribution is 2.23. The molecule has 0 aliphatic rings. The van der Waals surface area contributed by atoms with E-state index >= 15 is 0 Å². The summed E-state index contributed by atoms with van der Waals surface area (Å²) in [5.74, 6) is -0.243. The summed E-state index contributed by atoms with van der Waals surface area (Å²) < 4.78 is 5.08. The lowest BCUT2D eigenvalue weighted by atomic mass is 9.94. The molecule has 2 heteroatoms. The number of hydrogen-bond donors (Lipinski definition) is 0. The van der Waals surface area contributed by atoms with Gasteiger partial charge in [-0.15, -0.1) is 0 Å². The van der Waals surface area contributed by atoms with Gasteiger partial charge in [0.2, 0.25) is 0 Å². The second kappa shape index (κ2) is 5.69. The quantitative estimate of drug-likeness (QED) is 0.727. The number of esters is 1. The maximum absolute atomic E-state index is 11.7. The van der Waals surface area contributed by atoms with Crippen LogP contribution >= 0.6 is 0 Å². The third-order valence-corrected chi connectivity index (χ3v) is 2.91. The Morgan fingerprint density at radius 3 is 2.44 bits per heavy atom. The molecule has 0 aliphatic carbocycles. The van der Waals surface area contributed by atoms with Gasteiger partial charge in [0.15, 0.2) is 0 Å². The van der Waals surface area contributed by atoms with Gasteiger partial charge in [-0.05, 0) is 43.9 Å². The molecule has 0 amide bonds. The Morgan fingerprint density at radius 2 is 1.94 bits per heavy atom. The number of carbonyl (C=O) groups excluding carboxylic acids is 1. The number of aryl methyl sites for hydroxylation is 2. The van der Waals surface area contributed by atoms with Gasteiger partial charge in [-0.3, -0.25) is 4.79 Å². The number of ether oxygens (including phenoxy) is 1. The van der Waals surface area contributed by atoms with E-state index in [2.05, 4.69) is 26.0 Å². The molecular formula is C14H20O2. The van der Waals surface area contributed by atoms with Crippen LogP contribution in [0.1, 0.15) is 42.9 Å². The molecule has 1 aromatic carbocycles. The standard InChI is InChI=1S/C14H20O2/c1-5-13(14(15)16-6-2)12-8-7-10(3)11(4)9-12/h7-9,13H,5-6H2,1-4H3. The first-order valence-electron chi connectivity index (χ1n) is 5.83. The van der Waals surface area contributed by atoms with Crippen molar-refractivity contribution in [3.05, 3.63) is 34.9 Å². The van der Waals surface area contributed by atoms with Gasteiger partial charge in [0, 0.05) is 0 Å². The van der Waals surface area contributed by atoms with Crippen molar-refractivity contribution >= 4 is 5.97 Å². The van der Waals surface area contributed by atoms with E-state index in [0.717, 1.165) is 12.0 Å². The van der Waals surface area contributed by atoms with Gasteiger partial charge in [-0.25, -0.2) is 0 Å². The van der Waals surface area contributed by atoms with Crippen LogP contribution in [0, 0.1) is 13.8 Å². The van der Waals surface area contributed by atoms with Gasteiger partial charge >= 0.3 is 5.97 Å². The van der Waals surface area contributed by atoms with Crippen molar-refractivity contribution in [3.63, 3.8) is 0 Å². The molecule has 16 heavy (non-hydrogen) atoms. The van der Waals surface area contributed by atoms with Crippen molar-refractivity contribution in [1.29, 1.82) is 0 Å². The molecule has 0 N–H and O–H groups in total. The van der Waals surface area contributed by atoms with Gasteiger partial charge in [0.05, 0.1) is 12.5 Å². The Hall–Kier alpha value is -1.31. The summed E-state index contributed by atoms with van der Waals surface area (Å²) >= 11 is 0. The maximum atomic E-state index is 11.7. The van der Waals surface area contributed by atoms with E-state index in [-0.39, 0.29) is 11.9 Å². The molecule has 0 aromatic heterocycles. The smallest absolute Gasteiger partial charge is 0.313 e. The number of benzene rings is 1. The monoisotopic (exact) mass is 220 g/mol. The average molecular weight is 220 g/mol. The van der Waals surface area contributed by atoms with E-state index in [1.165, 1.54) is 11.1 Å². The summed E-state index contributed by atoms with van der Waals surface area (Å²) in [4.78, 5) is 11.7. The lowest BCUT2D eigenvalue weighted by Crippen LogP contribution is -2.15. The molecule has 0 heterocycles. The first-order chi connectivity index (χ1) is 7.60. The van der Waals surface area contributed by atoms with Crippen LogP contribution in [0.15, 0.2) is 18.2 Å². The van der Waals surface area contributed by atoms with Gasteiger partial charge in [-0.1, -0.05) is 25.1 Å². The van der Waals surface area contributed by atoms with Gasteiger partial charge < -0.3 is 4.74 Å². The predicted molar refractivity (Wildman–Crippen MR) is 65.6 cm³/mol. The fourth-order valence-electron chi connectivity index (χ4n) is 1.76. The number of carbonyl (C=O) groups is 1. The van der Waals surface area contributed by atoms with Gasteiger partial charge in [-0.2, -0.15) is 0 Å². The van der Waals surface area contributed by atoms with Crippen LogP contribution < -0.4 is 0 Å². The predicted octanol–water partition coefficient (Wildman–Crippen LogP) is 3.36. The Bertz CT molecular complexity index is 369. The molecule has 0 saturated carbocycles. The second-order valence-electron chi connectivity index (χ2n) is 4.06. The minimum absolute atomic E-state index is 0.117. The highest BCUT2D eigenvalue weighted by atomic mass is 16.5. The zero-order chi connectivity index (χ0) is 12.1. The summed E-state index contributed by atoms with van der Waals surface area (Å²) in [6.07, 6.45) is 0.779. The lowest BCUT2D eigenvalue weighted by molar-refractivity contribution is -0.145. The highest BCUT2D eigenvalue weighted by Gasteiger charge is 2.19. The Balaban J connectivity index is 2.95.